The topological polar surface area (TPSA) is 57.6 Å². The van der Waals surface area contributed by atoms with E-state index in [1.807, 2.05) is 0 Å². The highest BCUT2D eigenvalue weighted by Crippen LogP contribution is 2.43. The van der Waals surface area contributed by atoms with Crippen LogP contribution in [0.5, 0.6) is 5.75 Å². The minimum atomic E-state index is -0.131. The van der Waals surface area contributed by atoms with E-state index in [2.05, 4.69) is 6.92 Å². The van der Waals surface area contributed by atoms with Gasteiger partial charge in [-0.05, 0) is 24.8 Å². The molecule has 1 aliphatic heterocycles. The zero-order valence-corrected chi connectivity index (χ0v) is 10.9. The standard InChI is InChI=1S/C15H17NO3/c1-9-6-11-12(7-9)15(19)16(14(11)18)8-10-4-2-3-5-13(10)17/h2-5,9,11-12,17H,6-8H2,1H3. The third-order valence-electron chi connectivity index (χ3n) is 4.28. The van der Waals surface area contributed by atoms with Crippen LogP contribution in [0.3, 0.4) is 0 Å². The number of carbonyl (C=O) groups is 2. The average molecular weight is 259 g/mol. The van der Waals surface area contributed by atoms with E-state index < -0.39 is 0 Å². The highest BCUT2D eigenvalue weighted by molar-refractivity contribution is 6.05. The molecular weight excluding hydrogens is 242 g/mol. The van der Waals surface area contributed by atoms with Gasteiger partial charge in [-0.2, -0.15) is 0 Å². The van der Waals surface area contributed by atoms with E-state index in [0.717, 1.165) is 12.8 Å². The molecule has 0 bridgehead atoms. The van der Waals surface area contributed by atoms with Gasteiger partial charge in [-0.1, -0.05) is 25.1 Å². The molecule has 3 rings (SSSR count). The van der Waals surface area contributed by atoms with Crippen LogP contribution in [0, 0.1) is 17.8 Å². The summed E-state index contributed by atoms with van der Waals surface area (Å²) in [6, 6.07) is 6.84. The molecule has 2 aliphatic rings. The first kappa shape index (κ1) is 12.2. The van der Waals surface area contributed by atoms with E-state index in [-0.39, 0.29) is 35.9 Å². The molecule has 1 aromatic carbocycles. The van der Waals surface area contributed by atoms with Gasteiger partial charge in [-0.3, -0.25) is 14.5 Å². The fourth-order valence-corrected chi connectivity index (χ4v) is 3.32. The summed E-state index contributed by atoms with van der Waals surface area (Å²) < 4.78 is 0. The Morgan fingerprint density at radius 3 is 2.32 bits per heavy atom. The Morgan fingerprint density at radius 1 is 1.16 bits per heavy atom. The second-order valence-corrected chi connectivity index (χ2v) is 5.68. The molecule has 1 saturated carbocycles. The van der Waals surface area contributed by atoms with Crippen molar-refractivity contribution in [3.05, 3.63) is 29.8 Å². The van der Waals surface area contributed by atoms with Crippen molar-refractivity contribution >= 4 is 11.8 Å². The van der Waals surface area contributed by atoms with Gasteiger partial charge in [0.25, 0.3) is 0 Å². The third kappa shape index (κ3) is 1.91. The molecule has 1 N–H and O–H groups in total. The number of imide groups is 1. The Morgan fingerprint density at radius 2 is 1.74 bits per heavy atom. The first-order valence-electron chi connectivity index (χ1n) is 6.70. The summed E-state index contributed by atoms with van der Waals surface area (Å²) in [5.41, 5.74) is 0.622. The van der Waals surface area contributed by atoms with Gasteiger partial charge in [0.15, 0.2) is 0 Å². The number of para-hydroxylation sites is 1. The van der Waals surface area contributed by atoms with Crippen LogP contribution in [0.1, 0.15) is 25.3 Å². The van der Waals surface area contributed by atoms with Gasteiger partial charge in [0.1, 0.15) is 5.75 Å². The van der Waals surface area contributed by atoms with Crippen LogP contribution in [0.15, 0.2) is 24.3 Å². The number of phenols is 1. The number of phenolic OH excluding ortho intramolecular Hbond substituents is 1. The van der Waals surface area contributed by atoms with Crippen LogP contribution < -0.4 is 0 Å². The van der Waals surface area contributed by atoms with Gasteiger partial charge >= 0.3 is 0 Å². The number of amides is 2. The maximum atomic E-state index is 12.3. The lowest BCUT2D eigenvalue weighted by molar-refractivity contribution is -0.141. The zero-order valence-electron chi connectivity index (χ0n) is 10.9. The number of hydrogen-bond donors (Lipinski definition) is 1. The highest BCUT2D eigenvalue weighted by atomic mass is 16.3. The minimum Gasteiger partial charge on any atom is -0.508 e. The SMILES string of the molecule is CC1CC2C(=O)N(Cc3ccccc3O)C(=O)C2C1. The van der Waals surface area contributed by atoms with Crippen molar-refractivity contribution in [2.45, 2.75) is 26.3 Å². The van der Waals surface area contributed by atoms with Crippen LogP contribution in [-0.4, -0.2) is 21.8 Å². The van der Waals surface area contributed by atoms with Gasteiger partial charge in [-0.15, -0.1) is 0 Å². The monoisotopic (exact) mass is 259 g/mol. The molecule has 1 aromatic rings. The van der Waals surface area contributed by atoms with E-state index in [1.54, 1.807) is 24.3 Å². The minimum absolute atomic E-state index is 0.0670. The molecule has 4 heteroatoms. The van der Waals surface area contributed by atoms with E-state index in [1.165, 1.54) is 4.90 Å². The average Bonchev–Trinajstić information content (AvgIpc) is 2.86. The number of fused-ring (bicyclic) bond motifs is 1. The Bertz CT molecular complexity index is 516. The summed E-state index contributed by atoms with van der Waals surface area (Å²) in [6.45, 7) is 2.28. The summed E-state index contributed by atoms with van der Waals surface area (Å²) >= 11 is 0. The molecule has 100 valence electrons. The van der Waals surface area contributed by atoms with Crippen molar-refractivity contribution in [3.63, 3.8) is 0 Å². The van der Waals surface area contributed by atoms with Crippen molar-refractivity contribution in [3.8, 4) is 5.75 Å². The molecule has 4 nitrogen and oxygen atoms in total. The molecule has 2 atom stereocenters. The predicted octanol–water partition coefficient (Wildman–Crippen LogP) is 1.92. The van der Waals surface area contributed by atoms with Gasteiger partial charge in [-0.25, -0.2) is 0 Å². The maximum absolute atomic E-state index is 12.3. The number of aromatic hydroxyl groups is 1. The van der Waals surface area contributed by atoms with Crippen LogP contribution in [-0.2, 0) is 16.1 Å². The quantitative estimate of drug-likeness (QED) is 0.825. The number of likely N-dealkylation sites (tertiary alicyclic amines) is 1. The molecule has 0 aromatic heterocycles. The lowest BCUT2D eigenvalue weighted by Gasteiger charge is -2.17. The number of benzene rings is 1. The zero-order chi connectivity index (χ0) is 13.6. The third-order valence-corrected chi connectivity index (χ3v) is 4.28. The lowest BCUT2D eigenvalue weighted by Crippen LogP contribution is -2.31. The van der Waals surface area contributed by atoms with Crippen LogP contribution in [0.25, 0.3) is 0 Å². The van der Waals surface area contributed by atoms with Gasteiger partial charge in [0.2, 0.25) is 11.8 Å². The van der Waals surface area contributed by atoms with Gasteiger partial charge < -0.3 is 5.11 Å². The summed E-state index contributed by atoms with van der Waals surface area (Å²) in [5, 5.41) is 9.74. The summed E-state index contributed by atoms with van der Waals surface area (Å²) in [5.74, 6) is 0.190. The van der Waals surface area contributed by atoms with Crippen molar-refractivity contribution in [2.24, 2.45) is 17.8 Å². The molecule has 2 unspecified atom stereocenters. The van der Waals surface area contributed by atoms with Crippen LogP contribution in [0.2, 0.25) is 0 Å². The lowest BCUT2D eigenvalue weighted by atomic mass is 10.00. The molecule has 2 fully saturated rings. The summed E-state index contributed by atoms with van der Waals surface area (Å²) in [6.07, 6.45) is 1.62. The number of rotatable bonds is 2. The second kappa shape index (κ2) is 4.37. The molecule has 19 heavy (non-hydrogen) atoms. The Kier molecular flexibility index (Phi) is 2.81. The molecule has 1 heterocycles. The molecular formula is C15H17NO3. The fourth-order valence-electron chi connectivity index (χ4n) is 3.32. The molecule has 1 saturated heterocycles. The van der Waals surface area contributed by atoms with Crippen LogP contribution in [0.4, 0.5) is 0 Å². The van der Waals surface area contributed by atoms with E-state index >= 15 is 0 Å². The number of nitrogens with zero attached hydrogens (tertiary/aromatic N) is 1. The highest BCUT2D eigenvalue weighted by Gasteiger charge is 2.51. The summed E-state index contributed by atoms with van der Waals surface area (Å²) in [7, 11) is 0. The van der Waals surface area contributed by atoms with Gasteiger partial charge in [0.05, 0.1) is 18.4 Å². The Hall–Kier alpha value is -1.84. The Labute approximate surface area is 112 Å². The first-order valence-corrected chi connectivity index (χ1v) is 6.70. The largest absolute Gasteiger partial charge is 0.508 e. The molecule has 2 amide bonds. The number of carbonyl (C=O) groups excluding carboxylic acids is 2. The number of hydrogen-bond acceptors (Lipinski definition) is 3. The molecule has 0 radical (unpaired) electrons. The first-order chi connectivity index (χ1) is 9.08. The van der Waals surface area contributed by atoms with Gasteiger partial charge in [0, 0.05) is 5.56 Å². The predicted molar refractivity (Wildman–Crippen MR) is 69.0 cm³/mol. The normalized spacial score (nSPS) is 29.9. The summed E-state index contributed by atoms with van der Waals surface area (Å²) in [4.78, 5) is 25.9. The van der Waals surface area contributed by atoms with Crippen LogP contribution >= 0.6 is 0 Å². The smallest absolute Gasteiger partial charge is 0.233 e. The van der Waals surface area contributed by atoms with Crippen molar-refractivity contribution in [1.82, 2.24) is 4.90 Å². The fraction of sp³-hybridized carbons (Fsp3) is 0.467. The molecule has 1 aliphatic carbocycles. The van der Waals surface area contributed by atoms with Crippen molar-refractivity contribution in [2.75, 3.05) is 0 Å². The molecule has 0 spiro atoms. The maximum Gasteiger partial charge on any atom is 0.233 e. The van der Waals surface area contributed by atoms with E-state index in [0.29, 0.717) is 11.5 Å². The van der Waals surface area contributed by atoms with Crippen molar-refractivity contribution < 1.29 is 14.7 Å². The van der Waals surface area contributed by atoms with E-state index in [9.17, 15) is 14.7 Å². The van der Waals surface area contributed by atoms with E-state index in [4.69, 9.17) is 0 Å². The second-order valence-electron chi connectivity index (χ2n) is 5.68. The van der Waals surface area contributed by atoms with Crippen molar-refractivity contribution in [1.29, 1.82) is 0 Å². The Balaban J connectivity index is 1.82.